The molecule has 0 spiro atoms. The summed E-state index contributed by atoms with van der Waals surface area (Å²) in [6.07, 6.45) is 7.70. The molecule has 0 aliphatic rings. The fraction of sp³-hybridized carbons (Fsp3) is 0.484. The Bertz CT molecular complexity index is 642. The Balaban J connectivity index is -0.000000173. The molecule has 0 heterocycles. The molecule has 32 heavy (non-hydrogen) atoms. The van der Waals surface area contributed by atoms with Gasteiger partial charge in [-0.15, -0.1) is 6.58 Å². The van der Waals surface area contributed by atoms with E-state index in [1.54, 1.807) is 0 Å². The van der Waals surface area contributed by atoms with Gasteiger partial charge in [-0.1, -0.05) is 116 Å². The van der Waals surface area contributed by atoms with Gasteiger partial charge in [0.25, 0.3) is 0 Å². The van der Waals surface area contributed by atoms with Gasteiger partial charge in [-0.25, -0.2) is 0 Å². The first-order valence-corrected chi connectivity index (χ1v) is 12.3. The summed E-state index contributed by atoms with van der Waals surface area (Å²) in [4.78, 5) is 0. The molecular formula is C31H55N. The Kier molecular flexibility index (Phi) is 31.0. The maximum absolute atomic E-state index is 5.76. The Morgan fingerprint density at radius 3 is 1.59 bits per heavy atom. The van der Waals surface area contributed by atoms with E-state index in [9.17, 15) is 0 Å². The van der Waals surface area contributed by atoms with Crippen LogP contribution in [0.2, 0.25) is 0 Å². The van der Waals surface area contributed by atoms with Crippen molar-refractivity contribution in [1.82, 2.24) is 0 Å². The molecule has 1 aromatic rings. The number of aryl methyl sites for hydroxylation is 1. The van der Waals surface area contributed by atoms with Crippen LogP contribution in [0.15, 0.2) is 78.6 Å². The van der Waals surface area contributed by atoms with E-state index in [0.29, 0.717) is 0 Å². The molecule has 184 valence electrons. The van der Waals surface area contributed by atoms with E-state index in [1.807, 2.05) is 47.6 Å². The molecule has 0 unspecified atom stereocenters. The molecule has 1 heteroatoms. The highest BCUT2D eigenvalue weighted by molar-refractivity contribution is 5.47. The van der Waals surface area contributed by atoms with Gasteiger partial charge in [0.15, 0.2) is 0 Å². The molecule has 0 radical (unpaired) electrons. The zero-order chi connectivity index (χ0) is 26.1. The second-order valence-corrected chi connectivity index (χ2v) is 7.14. The van der Waals surface area contributed by atoms with Crippen LogP contribution in [0.25, 0.3) is 6.08 Å². The molecule has 0 saturated heterocycles. The van der Waals surface area contributed by atoms with E-state index in [4.69, 9.17) is 5.73 Å². The van der Waals surface area contributed by atoms with Crippen LogP contribution in [0.3, 0.4) is 0 Å². The van der Waals surface area contributed by atoms with Gasteiger partial charge < -0.3 is 5.73 Å². The smallest absolute Gasteiger partial charge is 0.0370 e. The molecule has 0 atom stereocenters. The third-order valence-corrected chi connectivity index (χ3v) is 4.40. The number of nitrogens with two attached hydrogens (primary N) is 1. The fourth-order valence-corrected chi connectivity index (χ4v) is 2.14. The SMILES string of the molecule is C=C(C)CCCC.C=C(CC)/C(C)=C(/N)C(=C)C.C=Cc1ccc(CC)cc1.CC.CC. The largest absolute Gasteiger partial charge is 0.398 e. The van der Waals surface area contributed by atoms with E-state index in [1.165, 1.54) is 36.0 Å². The second-order valence-electron chi connectivity index (χ2n) is 7.14. The van der Waals surface area contributed by atoms with Crippen molar-refractivity contribution in [3.05, 3.63) is 89.7 Å². The Labute approximate surface area is 202 Å². The lowest BCUT2D eigenvalue weighted by molar-refractivity contribution is 0.789. The van der Waals surface area contributed by atoms with Crippen molar-refractivity contribution in [2.75, 3.05) is 0 Å². The van der Waals surface area contributed by atoms with Gasteiger partial charge in [0.2, 0.25) is 0 Å². The van der Waals surface area contributed by atoms with E-state index in [0.717, 1.165) is 35.3 Å². The Morgan fingerprint density at radius 1 is 0.875 bits per heavy atom. The first kappa shape index (κ1) is 37.1. The van der Waals surface area contributed by atoms with E-state index < -0.39 is 0 Å². The molecule has 1 nitrogen and oxygen atoms in total. The molecule has 0 aromatic heterocycles. The minimum Gasteiger partial charge on any atom is -0.398 e. The van der Waals surface area contributed by atoms with Crippen molar-refractivity contribution in [3.63, 3.8) is 0 Å². The summed E-state index contributed by atoms with van der Waals surface area (Å²) < 4.78 is 0. The average molecular weight is 442 g/mol. The number of rotatable bonds is 8. The van der Waals surface area contributed by atoms with Crippen LogP contribution in [0.1, 0.15) is 106 Å². The third-order valence-electron chi connectivity index (χ3n) is 4.40. The Morgan fingerprint density at radius 2 is 1.34 bits per heavy atom. The molecule has 0 bridgehead atoms. The van der Waals surface area contributed by atoms with Crippen molar-refractivity contribution in [3.8, 4) is 0 Å². The van der Waals surface area contributed by atoms with Crippen LogP contribution >= 0.6 is 0 Å². The summed E-state index contributed by atoms with van der Waals surface area (Å²) >= 11 is 0. The minimum atomic E-state index is 0.775. The van der Waals surface area contributed by atoms with Gasteiger partial charge in [-0.05, 0) is 68.7 Å². The Hall–Kier alpha value is -2.28. The molecule has 1 aromatic carbocycles. The molecule has 0 aliphatic carbocycles. The summed E-state index contributed by atoms with van der Waals surface area (Å²) in [5, 5.41) is 0. The van der Waals surface area contributed by atoms with Crippen molar-refractivity contribution in [2.24, 2.45) is 5.73 Å². The van der Waals surface area contributed by atoms with Gasteiger partial charge in [0.1, 0.15) is 0 Å². The number of allylic oxidation sites excluding steroid dienone is 4. The van der Waals surface area contributed by atoms with Gasteiger partial charge in [-0.2, -0.15) is 0 Å². The van der Waals surface area contributed by atoms with E-state index in [-0.39, 0.29) is 0 Å². The molecule has 1 rings (SSSR count). The standard InChI is InChI=1S/C10H17N.C10H12.C7H14.2C2H6/c1-6-8(4)9(5)10(11)7(2)3;1-3-9-5-7-10(4-2)8-6-9;1-4-5-6-7(2)3;2*1-2/h2,4,6,11H2,1,3,5H3;3,5-8H,1,4H2,2H3;2,4-6H2,1,3H3;2*1-2H3/b10-9+;;;;. The number of unbranched alkanes of at least 4 members (excludes halogenated alkanes) is 1. The maximum Gasteiger partial charge on any atom is 0.0370 e. The lowest BCUT2D eigenvalue weighted by atomic mass is 10.0. The predicted octanol–water partition coefficient (Wildman–Crippen LogP) is 10.5. The summed E-state index contributed by atoms with van der Waals surface area (Å²) in [6.45, 7) is 35.5. The quantitative estimate of drug-likeness (QED) is 0.315. The highest BCUT2D eigenvalue weighted by Gasteiger charge is 2.00. The third kappa shape index (κ3) is 22.4. The summed E-state index contributed by atoms with van der Waals surface area (Å²) in [6, 6.07) is 8.45. The van der Waals surface area contributed by atoms with Crippen molar-refractivity contribution in [2.45, 2.75) is 101 Å². The van der Waals surface area contributed by atoms with Crippen molar-refractivity contribution < 1.29 is 0 Å². The second kappa shape index (κ2) is 26.8. The highest BCUT2D eigenvalue weighted by Crippen LogP contribution is 2.16. The summed E-state index contributed by atoms with van der Waals surface area (Å²) in [5.74, 6) is 0. The molecule has 0 fully saturated rings. The van der Waals surface area contributed by atoms with E-state index >= 15 is 0 Å². The first-order valence-electron chi connectivity index (χ1n) is 12.3. The van der Waals surface area contributed by atoms with Crippen molar-refractivity contribution >= 4 is 6.08 Å². The maximum atomic E-state index is 5.76. The molecule has 2 N–H and O–H groups in total. The number of benzene rings is 1. The van der Waals surface area contributed by atoms with Crippen LogP contribution in [-0.4, -0.2) is 0 Å². The topological polar surface area (TPSA) is 26.0 Å². The lowest BCUT2D eigenvalue weighted by Gasteiger charge is -2.07. The molecule has 0 amide bonds. The molecule has 0 aliphatic heterocycles. The van der Waals surface area contributed by atoms with Gasteiger partial charge >= 0.3 is 0 Å². The normalized spacial score (nSPS) is 9.44. The average Bonchev–Trinajstić information content (AvgIpc) is 2.84. The van der Waals surface area contributed by atoms with Gasteiger partial charge in [0.05, 0.1) is 0 Å². The zero-order valence-corrected chi connectivity index (χ0v) is 23.3. The van der Waals surface area contributed by atoms with E-state index in [2.05, 4.69) is 78.3 Å². The van der Waals surface area contributed by atoms with Crippen LogP contribution in [0.5, 0.6) is 0 Å². The number of hydrogen-bond donors (Lipinski definition) is 1. The summed E-state index contributed by atoms with van der Waals surface area (Å²) in [7, 11) is 0. The lowest BCUT2D eigenvalue weighted by Crippen LogP contribution is -2.02. The van der Waals surface area contributed by atoms with Crippen LogP contribution in [-0.2, 0) is 6.42 Å². The fourth-order valence-electron chi connectivity index (χ4n) is 2.14. The molecular weight excluding hydrogens is 386 g/mol. The van der Waals surface area contributed by atoms with Gasteiger partial charge in [-0.3, -0.25) is 0 Å². The molecule has 0 saturated carbocycles. The highest BCUT2D eigenvalue weighted by atomic mass is 14.6. The zero-order valence-electron chi connectivity index (χ0n) is 23.3. The minimum absolute atomic E-state index is 0.775. The van der Waals surface area contributed by atoms with Crippen LogP contribution in [0.4, 0.5) is 0 Å². The predicted molar refractivity (Wildman–Crippen MR) is 154 cm³/mol. The van der Waals surface area contributed by atoms with Crippen LogP contribution < -0.4 is 5.73 Å². The van der Waals surface area contributed by atoms with Crippen molar-refractivity contribution in [1.29, 1.82) is 0 Å². The summed E-state index contributed by atoms with van der Waals surface area (Å²) in [5.41, 5.74) is 13.5. The monoisotopic (exact) mass is 441 g/mol. The van der Waals surface area contributed by atoms with Gasteiger partial charge in [0, 0.05) is 5.70 Å². The number of hydrogen-bond acceptors (Lipinski definition) is 1. The van der Waals surface area contributed by atoms with Crippen LogP contribution in [0, 0.1) is 0 Å². The first-order chi connectivity index (χ1) is 15.1.